The van der Waals surface area contributed by atoms with Crippen LogP contribution in [0.2, 0.25) is 0 Å². The SMILES string of the molecule is [2H]C([2H])([2H])N1[CH-]N(c2[c-]c(Oc3[c-]c4c(cc3)c3ccccc3n4-c3cc4c(cn3)c3ccccc3n4-c3ccccc3)cc(C(C)(C)C)c2)c2cc(-c3ccccc3)ccc21.[Pt]. The molecule has 11 rings (SSSR count). The molecule has 1 aliphatic heterocycles. The normalized spacial score (nSPS) is 13.7. The summed E-state index contributed by atoms with van der Waals surface area (Å²) in [5, 5.41) is 4.31. The third kappa shape index (κ3) is 6.26. The first kappa shape index (κ1) is 34.3. The minimum atomic E-state index is -2.40. The molecule has 296 valence electrons. The quantitative estimate of drug-likeness (QED) is 0.156. The summed E-state index contributed by atoms with van der Waals surface area (Å²) in [6.45, 7) is 5.69. The van der Waals surface area contributed by atoms with E-state index < -0.39 is 6.98 Å². The molecule has 4 heterocycles. The Morgan fingerprint density at radius 2 is 1.30 bits per heavy atom. The van der Waals surface area contributed by atoms with Crippen LogP contribution in [0.25, 0.3) is 66.2 Å². The largest absolute Gasteiger partial charge is 0.509 e. The van der Waals surface area contributed by atoms with Crippen LogP contribution in [0.5, 0.6) is 11.5 Å². The van der Waals surface area contributed by atoms with Crippen molar-refractivity contribution in [2.45, 2.75) is 26.2 Å². The van der Waals surface area contributed by atoms with Crippen LogP contribution in [0.4, 0.5) is 17.1 Å². The molecule has 0 spiro atoms. The number of fused-ring (bicyclic) bond motifs is 7. The van der Waals surface area contributed by atoms with Crippen molar-refractivity contribution in [2.24, 2.45) is 0 Å². The van der Waals surface area contributed by atoms with Gasteiger partial charge in [0.25, 0.3) is 0 Å². The van der Waals surface area contributed by atoms with E-state index in [0.29, 0.717) is 22.9 Å². The minimum absolute atomic E-state index is 0. The zero-order chi connectivity index (χ0) is 42.3. The second-order valence-electron chi connectivity index (χ2n) is 16.1. The summed E-state index contributed by atoms with van der Waals surface area (Å²) in [6.07, 6.45) is 1.98. The molecule has 1 aliphatic rings. The van der Waals surface area contributed by atoms with Crippen molar-refractivity contribution in [2.75, 3.05) is 16.8 Å². The smallest absolute Gasteiger partial charge is 0.137 e. The third-order valence-corrected chi connectivity index (χ3v) is 11.4. The molecular formula is C53H40N5OPt-3. The molecule has 7 aromatic carbocycles. The van der Waals surface area contributed by atoms with Crippen molar-refractivity contribution in [3.8, 4) is 34.1 Å². The van der Waals surface area contributed by atoms with Crippen molar-refractivity contribution in [1.29, 1.82) is 0 Å². The molecule has 6 nitrogen and oxygen atoms in total. The number of para-hydroxylation sites is 3. The number of anilines is 3. The van der Waals surface area contributed by atoms with Gasteiger partial charge >= 0.3 is 0 Å². The Morgan fingerprint density at radius 1 is 0.600 bits per heavy atom. The standard InChI is InChI=1S/C53H40N5O.Pt/c1-53(2,3)37-28-39(56-34-55(4)48-26-23-36(27-51(48)56)35-15-7-5-8-16-35)30-41(29-37)59-40-24-25-44-42-19-11-14-22-47(42)58(49(44)31-40)52-32-50-45(33-54-52)43-20-12-13-21-46(43)57(50)38-17-9-6-10-18-38;/h5-29,32-34H,1-4H3;/q-3;/i4D3;. The fraction of sp³-hybridized carbons (Fsp3) is 0.0943. The molecule has 10 aromatic rings. The molecule has 0 radical (unpaired) electrons. The van der Waals surface area contributed by atoms with Gasteiger partial charge in [0.2, 0.25) is 0 Å². The molecule has 0 N–H and O–H groups in total. The van der Waals surface area contributed by atoms with Crippen LogP contribution in [-0.2, 0) is 26.5 Å². The van der Waals surface area contributed by atoms with Gasteiger partial charge in [0.05, 0.1) is 11.0 Å². The number of benzene rings is 7. The summed E-state index contributed by atoms with van der Waals surface area (Å²) in [7, 11) is 0. The predicted octanol–water partition coefficient (Wildman–Crippen LogP) is 13.3. The zero-order valence-corrected chi connectivity index (χ0v) is 35.4. The Morgan fingerprint density at radius 3 is 2.05 bits per heavy atom. The Balaban J connectivity index is 0.00000471. The van der Waals surface area contributed by atoms with Gasteiger partial charge in [-0.05, 0) is 65.3 Å². The summed E-state index contributed by atoms with van der Waals surface area (Å²) >= 11 is 0. The number of nitrogens with zero attached hydrogens (tertiary/aromatic N) is 5. The average Bonchev–Trinajstić information content (AvgIpc) is 3.94. The van der Waals surface area contributed by atoms with E-state index >= 15 is 0 Å². The van der Waals surface area contributed by atoms with Crippen molar-refractivity contribution >= 4 is 60.7 Å². The Bertz CT molecular complexity index is 3350. The van der Waals surface area contributed by atoms with Crippen molar-refractivity contribution in [3.05, 3.63) is 188 Å². The van der Waals surface area contributed by atoms with Gasteiger partial charge in [-0.3, -0.25) is 0 Å². The van der Waals surface area contributed by atoms with Crippen LogP contribution >= 0.6 is 0 Å². The van der Waals surface area contributed by atoms with Gasteiger partial charge < -0.3 is 23.7 Å². The van der Waals surface area contributed by atoms with Crippen molar-refractivity contribution < 1.29 is 29.9 Å². The summed E-state index contributed by atoms with van der Waals surface area (Å²) in [5.74, 6) is 1.76. The number of ether oxygens (including phenoxy) is 1. The molecule has 0 aliphatic carbocycles. The number of rotatable bonds is 6. The van der Waals surface area contributed by atoms with E-state index in [1.807, 2.05) is 71.8 Å². The van der Waals surface area contributed by atoms with E-state index in [0.717, 1.165) is 77.5 Å². The third-order valence-electron chi connectivity index (χ3n) is 11.4. The number of aromatic nitrogens is 3. The monoisotopic (exact) mass is 960 g/mol. The fourth-order valence-corrected chi connectivity index (χ4v) is 8.43. The van der Waals surface area contributed by atoms with Gasteiger partial charge in [-0.25, -0.2) is 4.98 Å². The fourth-order valence-electron chi connectivity index (χ4n) is 8.43. The first-order valence-corrected chi connectivity index (χ1v) is 19.8. The van der Waals surface area contributed by atoms with E-state index in [2.05, 4.69) is 139 Å². The first-order valence-electron chi connectivity index (χ1n) is 21.3. The maximum absolute atomic E-state index is 8.42. The molecule has 0 saturated carbocycles. The van der Waals surface area contributed by atoms with Gasteiger partial charge in [-0.2, -0.15) is 12.7 Å². The van der Waals surface area contributed by atoms with Gasteiger partial charge in [-0.1, -0.05) is 117 Å². The maximum Gasteiger partial charge on any atom is 0.137 e. The van der Waals surface area contributed by atoms with Crippen LogP contribution in [0.15, 0.2) is 164 Å². The van der Waals surface area contributed by atoms with Crippen LogP contribution in [-0.4, -0.2) is 21.1 Å². The number of pyridine rings is 1. The molecule has 7 heteroatoms. The van der Waals surface area contributed by atoms with Crippen LogP contribution in [0.3, 0.4) is 0 Å². The van der Waals surface area contributed by atoms with E-state index in [1.54, 1.807) is 6.67 Å². The molecule has 0 bridgehead atoms. The second kappa shape index (κ2) is 14.6. The van der Waals surface area contributed by atoms with Gasteiger partial charge in [0.15, 0.2) is 0 Å². The molecule has 60 heavy (non-hydrogen) atoms. The predicted molar refractivity (Wildman–Crippen MR) is 243 cm³/mol. The Hall–Kier alpha value is -6.62. The average molecular weight is 961 g/mol. The molecule has 3 aromatic heterocycles. The van der Waals surface area contributed by atoms with Crippen LogP contribution < -0.4 is 14.5 Å². The van der Waals surface area contributed by atoms with Gasteiger partial charge in [0, 0.05) is 82.3 Å². The topological polar surface area (TPSA) is 38.5 Å². The molecule has 0 saturated heterocycles. The number of hydrogen-bond acceptors (Lipinski definition) is 4. The van der Waals surface area contributed by atoms with E-state index in [4.69, 9.17) is 13.8 Å². The van der Waals surface area contributed by atoms with Gasteiger partial charge in [-0.15, -0.1) is 47.0 Å². The summed E-state index contributed by atoms with van der Waals surface area (Å²) in [4.78, 5) is 8.36. The summed E-state index contributed by atoms with van der Waals surface area (Å²) in [5.41, 5.74) is 9.81. The molecular weight excluding hydrogens is 918 g/mol. The van der Waals surface area contributed by atoms with Crippen LogP contribution in [0, 0.1) is 18.8 Å². The molecule has 0 amide bonds. The zero-order valence-electron chi connectivity index (χ0n) is 36.1. The number of hydrogen-bond donors (Lipinski definition) is 0. The Labute approximate surface area is 368 Å². The van der Waals surface area contributed by atoms with Crippen molar-refractivity contribution in [3.63, 3.8) is 0 Å². The second-order valence-corrected chi connectivity index (χ2v) is 16.1. The van der Waals surface area contributed by atoms with Crippen LogP contribution in [0.1, 0.15) is 30.4 Å². The van der Waals surface area contributed by atoms with Crippen molar-refractivity contribution in [1.82, 2.24) is 14.1 Å². The summed E-state index contributed by atoms with van der Waals surface area (Å²) < 4.78 is 36.5. The minimum Gasteiger partial charge on any atom is -0.509 e. The summed E-state index contributed by atoms with van der Waals surface area (Å²) in [6, 6.07) is 60.6. The van der Waals surface area contributed by atoms with Gasteiger partial charge in [0.1, 0.15) is 5.82 Å². The molecule has 0 atom stereocenters. The molecule has 0 fully saturated rings. The van der Waals surface area contributed by atoms with E-state index in [1.165, 1.54) is 4.90 Å². The first-order chi connectivity index (χ1) is 30.0. The Kier molecular flexibility index (Phi) is 8.33. The molecule has 0 unspecified atom stereocenters. The van der Waals surface area contributed by atoms with E-state index in [9.17, 15) is 0 Å². The van der Waals surface area contributed by atoms with E-state index in [-0.39, 0.29) is 26.5 Å². The maximum atomic E-state index is 8.42.